The van der Waals surface area contributed by atoms with Gasteiger partial charge in [-0.3, -0.25) is 4.79 Å². The highest BCUT2D eigenvalue weighted by Crippen LogP contribution is 2.67. The van der Waals surface area contributed by atoms with Gasteiger partial charge in [0.2, 0.25) is 0 Å². The molecule has 2 nitrogen and oxygen atoms in total. The average molecular weight is 443 g/mol. The van der Waals surface area contributed by atoms with Crippen LogP contribution in [-0.2, 0) is 9.53 Å². The summed E-state index contributed by atoms with van der Waals surface area (Å²) < 4.78 is 5.63. The minimum atomic E-state index is -0.112. The van der Waals surface area contributed by atoms with E-state index < -0.39 is 0 Å². The van der Waals surface area contributed by atoms with E-state index in [4.69, 9.17) is 4.74 Å². The topological polar surface area (TPSA) is 26.3 Å². The monoisotopic (exact) mass is 442 g/mol. The molecule has 2 heteroatoms. The van der Waals surface area contributed by atoms with Crippen molar-refractivity contribution in [2.45, 2.75) is 112 Å². The van der Waals surface area contributed by atoms with Crippen molar-refractivity contribution in [1.29, 1.82) is 0 Å². The highest BCUT2D eigenvalue weighted by molar-refractivity contribution is 5.66. The van der Waals surface area contributed by atoms with Crippen LogP contribution < -0.4 is 0 Å². The van der Waals surface area contributed by atoms with E-state index in [1.807, 2.05) is 0 Å². The normalized spacial score (nSPS) is 45.0. The molecule has 10 atom stereocenters. The van der Waals surface area contributed by atoms with Crippen molar-refractivity contribution >= 4 is 5.97 Å². The van der Waals surface area contributed by atoms with Gasteiger partial charge >= 0.3 is 5.97 Å². The first-order valence-corrected chi connectivity index (χ1v) is 13.9. The van der Waals surface area contributed by atoms with Crippen LogP contribution in [-0.4, -0.2) is 12.1 Å². The van der Waals surface area contributed by atoms with Gasteiger partial charge in [-0.1, -0.05) is 66.5 Å². The van der Waals surface area contributed by atoms with Crippen LogP contribution in [0.2, 0.25) is 0 Å². The van der Waals surface area contributed by atoms with Crippen LogP contribution in [0.3, 0.4) is 0 Å². The summed E-state index contributed by atoms with van der Waals surface area (Å²) in [5, 5.41) is 0. The number of esters is 1. The molecular weight excluding hydrogens is 392 g/mol. The lowest BCUT2D eigenvalue weighted by atomic mass is 9.46. The van der Waals surface area contributed by atoms with E-state index in [0.717, 1.165) is 54.3 Å². The molecular formula is C30H50O2. The van der Waals surface area contributed by atoms with Crippen molar-refractivity contribution in [2.24, 2.45) is 58.2 Å². The fourth-order valence-corrected chi connectivity index (χ4v) is 8.96. The van der Waals surface area contributed by atoms with Crippen LogP contribution in [0.4, 0.5) is 0 Å². The standard InChI is InChI=1S/C30H50O2/c1-19(2)20(3)8-9-21(4)26-12-13-27-25-11-10-23-18-24(32-22(5)31)14-16-29(23,6)28(25)15-17-30(26,27)7/h10-11,19-21,23-28H,8-9,12-18H2,1-7H3/t20-,21+,23-,24+,25+,26+,27+,28+,29-,30-/m0/s1. The van der Waals surface area contributed by atoms with Gasteiger partial charge < -0.3 is 4.74 Å². The Morgan fingerprint density at radius 2 is 1.62 bits per heavy atom. The number of allylic oxidation sites excluding steroid dienone is 2. The van der Waals surface area contributed by atoms with Crippen molar-refractivity contribution in [1.82, 2.24) is 0 Å². The molecule has 0 heterocycles. The molecule has 0 aromatic carbocycles. The summed E-state index contributed by atoms with van der Waals surface area (Å²) in [6.45, 7) is 16.6. The second kappa shape index (κ2) is 9.10. The number of fused-ring (bicyclic) bond motifs is 5. The summed E-state index contributed by atoms with van der Waals surface area (Å²) in [5.74, 6) is 6.36. The Bertz CT molecular complexity index is 710. The van der Waals surface area contributed by atoms with E-state index >= 15 is 0 Å². The summed E-state index contributed by atoms with van der Waals surface area (Å²) >= 11 is 0. The first-order chi connectivity index (χ1) is 15.1. The average Bonchev–Trinajstić information content (AvgIpc) is 3.08. The number of rotatable bonds is 6. The van der Waals surface area contributed by atoms with E-state index in [-0.39, 0.29) is 12.1 Å². The maximum absolute atomic E-state index is 11.5. The molecule has 0 aromatic rings. The number of carbonyl (C=O) groups is 1. The van der Waals surface area contributed by atoms with E-state index in [0.29, 0.717) is 16.7 Å². The highest BCUT2D eigenvalue weighted by Gasteiger charge is 2.59. The lowest BCUT2D eigenvalue weighted by Gasteiger charge is -2.59. The Kier molecular flexibility index (Phi) is 6.92. The van der Waals surface area contributed by atoms with Crippen LogP contribution >= 0.6 is 0 Å². The van der Waals surface area contributed by atoms with Crippen molar-refractivity contribution in [2.75, 3.05) is 0 Å². The Labute approximate surface area is 198 Å². The molecule has 0 radical (unpaired) electrons. The van der Waals surface area contributed by atoms with Gasteiger partial charge in [0.1, 0.15) is 6.10 Å². The van der Waals surface area contributed by atoms with Crippen molar-refractivity contribution in [3.63, 3.8) is 0 Å². The molecule has 32 heavy (non-hydrogen) atoms. The number of ether oxygens (including phenoxy) is 1. The summed E-state index contributed by atoms with van der Waals surface area (Å²) in [4.78, 5) is 11.5. The largest absolute Gasteiger partial charge is 0.463 e. The zero-order valence-corrected chi connectivity index (χ0v) is 22.0. The van der Waals surface area contributed by atoms with Gasteiger partial charge in [-0.05, 0) is 103 Å². The molecule has 0 bridgehead atoms. The molecule has 3 fully saturated rings. The zero-order valence-electron chi connectivity index (χ0n) is 22.0. The smallest absolute Gasteiger partial charge is 0.302 e. The quantitative estimate of drug-likeness (QED) is 0.307. The Morgan fingerprint density at radius 3 is 2.31 bits per heavy atom. The van der Waals surface area contributed by atoms with Crippen LogP contribution in [0, 0.1) is 58.2 Å². The maximum atomic E-state index is 11.5. The summed E-state index contributed by atoms with van der Waals surface area (Å²) in [5.41, 5.74) is 0.928. The fourth-order valence-electron chi connectivity index (χ4n) is 8.96. The van der Waals surface area contributed by atoms with E-state index in [9.17, 15) is 4.79 Å². The third-order valence-electron chi connectivity index (χ3n) is 11.4. The Balaban J connectivity index is 1.47. The molecule has 0 unspecified atom stereocenters. The molecule has 0 amide bonds. The van der Waals surface area contributed by atoms with Crippen molar-refractivity contribution in [3.8, 4) is 0 Å². The van der Waals surface area contributed by atoms with Crippen LogP contribution in [0.1, 0.15) is 106 Å². The first-order valence-electron chi connectivity index (χ1n) is 13.9. The van der Waals surface area contributed by atoms with E-state index in [1.54, 1.807) is 6.92 Å². The maximum Gasteiger partial charge on any atom is 0.302 e. The van der Waals surface area contributed by atoms with Crippen LogP contribution in [0.15, 0.2) is 12.2 Å². The van der Waals surface area contributed by atoms with Gasteiger partial charge in [0.25, 0.3) is 0 Å². The van der Waals surface area contributed by atoms with E-state index in [1.165, 1.54) is 44.9 Å². The van der Waals surface area contributed by atoms with Crippen molar-refractivity contribution in [3.05, 3.63) is 12.2 Å². The lowest BCUT2D eigenvalue weighted by Crippen LogP contribution is -2.52. The van der Waals surface area contributed by atoms with Gasteiger partial charge in [0.15, 0.2) is 0 Å². The van der Waals surface area contributed by atoms with Crippen LogP contribution in [0.25, 0.3) is 0 Å². The summed E-state index contributed by atoms with van der Waals surface area (Å²) in [6, 6.07) is 0. The molecule has 4 rings (SSSR count). The number of carbonyl (C=O) groups excluding carboxylic acids is 1. The predicted octanol–water partition coefficient (Wildman–Crippen LogP) is 8.06. The summed E-state index contributed by atoms with van der Waals surface area (Å²) in [6.07, 6.45) is 17.2. The third kappa shape index (κ3) is 4.22. The fraction of sp³-hybridized carbons (Fsp3) is 0.900. The second-order valence-electron chi connectivity index (χ2n) is 13.3. The van der Waals surface area contributed by atoms with Crippen molar-refractivity contribution < 1.29 is 9.53 Å². The van der Waals surface area contributed by atoms with Gasteiger partial charge in [-0.2, -0.15) is 0 Å². The molecule has 4 aliphatic rings. The van der Waals surface area contributed by atoms with E-state index in [2.05, 4.69) is 53.7 Å². The first kappa shape index (κ1) is 24.3. The molecule has 182 valence electrons. The minimum Gasteiger partial charge on any atom is -0.463 e. The molecule has 0 N–H and O–H groups in total. The Morgan fingerprint density at radius 1 is 0.938 bits per heavy atom. The second-order valence-corrected chi connectivity index (χ2v) is 13.3. The zero-order chi connectivity index (χ0) is 23.3. The summed E-state index contributed by atoms with van der Waals surface area (Å²) in [7, 11) is 0. The van der Waals surface area contributed by atoms with Gasteiger partial charge in [-0.25, -0.2) is 0 Å². The van der Waals surface area contributed by atoms with Crippen LogP contribution in [0.5, 0.6) is 0 Å². The van der Waals surface area contributed by atoms with Gasteiger partial charge in [0.05, 0.1) is 0 Å². The lowest BCUT2D eigenvalue weighted by molar-refractivity contribution is -0.153. The molecule has 0 spiro atoms. The van der Waals surface area contributed by atoms with Gasteiger partial charge in [0, 0.05) is 6.92 Å². The number of hydrogen-bond acceptors (Lipinski definition) is 2. The number of hydrogen-bond donors (Lipinski definition) is 0. The minimum absolute atomic E-state index is 0.112. The molecule has 4 aliphatic carbocycles. The SMILES string of the molecule is CC(=O)O[C@@H]1CC[C@]2(C)[C@@H]3CC[C@]4(C)[C@H](CC[C@@H]4[C@H](C)CC[C@H](C)C(C)C)[C@H]3C=C[C@H]2C1. The Hall–Kier alpha value is -0.790. The third-order valence-corrected chi connectivity index (χ3v) is 11.4. The molecule has 0 saturated heterocycles. The molecule has 0 aliphatic heterocycles. The molecule has 3 saturated carbocycles. The highest BCUT2D eigenvalue weighted by atomic mass is 16.5. The van der Waals surface area contributed by atoms with Gasteiger partial charge in [-0.15, -0.1) is 0 Å². The molecule has 0 aromatic heterocycles. The predicted molar refractivity (Wildman–Crippen MR) is 133 cm³/mol.